The largest absolute Gasteiger partial charge is 0.454 e. The van der Waals surface area contributed by atoms with Crippen LogP contribution in [0.25, 0.3) is 0 Å². The highest BCUT2D eigenvalue weighted by atomic mass is 16.7. The molecule has 2 aromatic rings. The Hall–Kier alpha value is -3.69. The van der Waals surface area contributed by atoms with E-state index in [0.717, 1.165) is 0 Å². The van der Waals surface area contributed by atoms with E-state index >= 15 is 0 Å². The van der Waals surface area contributed by atoms with Gasteiger partial charge in [0, 0.05) is 24.1 Å². The van der Waals surface area contributed by atoms with Crippen LogP contribution in [0.4, 0.5) is 5.69 Å². The molecule has 0 amide bonds. The van der Waals surface area contributed by atoms with Crippen molar-refractivity contribution in [2.75, 3.05) is 20.4 Å². The van der Waals surface area contributed by atoms with Gasteiger partial charge in [-0.25, -0.2) is 0 Å². The third-order valence-corrected chi connectivity index (χ3v) is 4.05. The summed E-state index contributed by atoms with van der Waals surface area (Å²) in [7, 11) is 1.63. The molecule has 0 aliphatic carbocycles. The molecule has 0 saturated heterocycles. The molecule has 27 heavy (non-hydrogen) atoms. The normalized spacial score (nSPS) is 13.5. The lowest BCUT2D eigenvalue weighted by molar-refractivity contribution is -0.487. The van der Waals surface area contributed by atoms with Gasteiger partial charge in [0.2, 0.25) is 13.3 Å². The van der Waals surface area contributed by atoms with Crippen molar-refractivity contribution >= 4 is 11.9 Å². The van der Waals surface area contributed by atoms with Crippen LogP contribution < -0.4 is 9.47 Å². The second-order valence-electron chi connectivity index (χ2n) is 5.81. The molecule has 10 heteroatoms. The highest BCUT2D eigenvalue weighted by molar-refractivity contribution is 5.79. The summed E-state index contributed by atoms with van der Waals surface area (Å²) in [5.41, 5.74) is 1.28. The Kier molecular flexibility index (Phi) is 5.15. The SMILES string of the molecule is CN(/N=C\c1ccc([N+](=O)[O-])cc1)C(C[N+](=O)[O-])c1ccc2c(c1)OCO2. The molecule has 140 valence electrons. The average molecular weight is 372 g/mol. The van der Waals surface area contributed by atoms with Gasteiger partial charge in [0.15, 0.2) is 11.5 Å². The van der Waals surface area contributed by atoms with E-state index in [1.807, 2.05) is 0 Å². The summed E-state index contributed by atoms with van der Waals surface area (Å²) < 4.78 is 10.6. The van der Waals surface area contributed by atoms with Crippen molar-refractivity contribution in [2.45, 2.75) is 6.04 Å². The van der Waals surface area contributed by atoms with E-state index in [2.05, 4.69) is 5.10 Å². The lowest BCUT2D eigenvalue weighted by Crippen LogP contribution is -2.26. The molecule has 0 aromatic heterocycles. The van der Waals surface area contributed by atoms with Crippen LogP contribution in [0.1, 0.15) is 17.2 Å². The van der Waals surface area contributed by atoms with Crippen LogP contribution in [-0.2, 0) is 0 Å². The fourth-order valence-electron chi connectivity index (χ4n) is 2.62. The minimum absolute atomic E-state index is 0.0212. The van der Waals surface area contributed by atoms with Crippen molar-refractivity contribution in [1.29, 1.82) is 0 Å². The highest BCUT2D eigenvalue weighted by Gasteiger charge is 2.24. The molecule has 10 nitrogen and oxygen atoms in total. The third kappa shape index (κ3) is 4.29. The van der Waals surface area contributed by atoms with Crippen molar-refractivity contribution in [3.05, 3.63) is 73.8 Å². The number of benzene rings is 2. The number of fused-ring (bicyclic) bond motifs is 1. The van der Waals surface area contributed by atoms with Crippen molar-refractivity contribution < 1.29 is 19.3 Å². The summed E-state index contributed by atoms with van der Waals surface area (Å²) in [5.74, 6) is 1.13. The van der Waals surface area contributed by atoms with Crippen LogP contribution in [0.15, 0.2) is 47.6 Å². The summed E-state index contributed by atoms with van der Waals surface area (Å²) in [6.07, 6.45) is 1.49. The van der Waals surface area contributed by atoms with Gasteiger partial charge in [0.25, 0.3) is 5.69 Å². The Bertz CT molecular complexity index is 883. The molecule has 1 aliphatic rings. The van der Waals surface area contributed by atoms with E-state index in [-0.39, 0.29) is 19.0 Å². The summed E-state index contributed by atoms with van der Waals surface area (Å²) >= 11 is 0. The predicted molar refractivity (Wildman–Crippen MR) is 95.6 cm³/mol. The van der Waals surface area contributed by atoms with Gasteiger partial charge in [0.05, 0.1) is 11.1 Å². The molecule has 1 heterocycles. The molecular formula is C17H16N4O6. The number of nitro benzene ring substituents is 1. The molecule has 0 N–H and O–H groups in total. The van der Waals surface area contributed by atoms with E-state index < -0.39 is 15.9 Å². The first kappa shape index (κ1) is 18.1. The Morgan fingerprint density at radius 3 is 2.52 bits per heavy atom. The number of nitrogens with zero attached hydrogens (tertiary/aromatic N) is 4. The summed E-state index contributed by atoms with van der Waals surface area (Å²) in [6, 6.07) is 10.4. The van der Waals surface area contributed by atoms with Gasteiger partial charge in [-0.05, 0) is 35.4 Å². The zero-order chi connectivity index (χ0) is 19.4. The van der Waals surface area contributed by atoms with Gasteiger partial charge in [0.1, 0.15) is 6.04 Å². The molecule has 1 unspecified atom stereocenters. The van der Waals surface area contributed by atoms with Crippen molar-refractivity contribution in [1.82, 2.24) is 5.01 Å². The van der Waals surface area contributed by atoms with Crippen LogP contribution in [0.3, 0.4) is 0 Å². The van der Waals surface area contributed by atoms with Crippen LogP contribution in [0, 0.1) is 20.2 Å². The maximum Gasteiger partial charge on any atom is 0.269 e. The average Bonchev–Trinajstić information content (AvgIpc) is 3.12. The highest BCUT2D eigenvalue weighted by Crippen LogP contribution is 2.35. The minimum Gasteiger partial charge on any atom is -0.454 e. The van der Waals surface area contributed by atoms with E-state index in [0.29, 0.717) is 22.6 Å². The molecule has 0 spiro atoms. The second kappa shape index (κ2) is 7.68. The van der Waals surface area contributed by atoms with E-state index in [1.54, 1.807) is 37.4 Å². The minimum atomic E-state index is -0.621. The van der Waals surface area contributed by atoms with Gasteiger partial charge in [-0.1, -0.05) is 6.07 Å². The van der Waals surface area contributed by atoms with E-state index in [1.165, 1.54) is 23.4 Å². The lowest BCUT2D eigenvalue weighted by atomic mass is 10.1. The summed E-state index contributed by atoms with van der Waals surface area (Å²) in [6.45, 7) is -0.236. The molecule has 1 atom stereocenters. The smallest absolute Gasteiger partial charge is 0.269 e. The standard InChI is InChI=1S/C17H16N4O6/c1-19(18-9-12-2-5-14(6-3-12)21(24)25)15(10-20(22)23)13-4-7-16-17(8-13)27-11-26-16/h2-9,15H,10-11H2,1H3/b18-9-. The van der Waals surface area contributed by atoms with Crippen LogP contribution in [0.5, 0.6) is 11.5 Å². The number of hydrogen-bond acceptors (Lipinski definition) is 8. The molecule has 2 aromatic carbocycles. The Morgan fingerprint density at radius 1 is 1.15 bits per heavy atom. The number of hydrogen-bond donors (Lipinski definition) is 0. The number of non-ortho nitro benzene ring substituents is 1. The first-order valence-electron chi connectivity index (χ1n) is 7.96. The molecule has 0 radical (unpaired) electrons. The van der Waals surface area contributed by atoms with Gasteiger partial charge in [-0.2, -0.15) is 5.10 Å². The zero-order valence-electron chi connectivity index (χ0n) is 14.3. The number of rotatable bonds is 7. The Morgan fingerprint density at radius 2 is 1.85 bits per heavy atom. The van der Waals surface area contributed by atoms with Crippen LogP contribution in [0.2, 0.25) is 0 Å². The lowest BCUT2D eigenvalue weighted by Gasteiger charge is -2.22. The van der Waals surface area contributed by atoms with Gasteiger partial charge >= 0.3 is 0 Å². The number of likely N-dealkylation sites (N-methyl/N-ethyl adjacent to an activating group) is 1. The van der Waals surface area contributed by atoms with Gasteiger partial charge in [-0.3, -0.25) is 25.2 Å². The molecule has 0 saturated carbocycles. The predicted octanol–water partition coefficient (Wildman–Crippen LogP) is 2.61. The fraction of sp³-hybridized carbons (Fsp3) is 0.235. The number of hydrazone groups is 1. The second-order valence-corrected chi connectivity index (χ2v) is 5.81. The summed E-state index contributed by atoms with van der Waals surface area (Å²) in [5, 5.41) is 27.5. The van der Waals surface area contributed by atoms with Crippen molar-refractivity contribution in [2.24, 2.45) is 5.10 Å². The first-order valence-corrected chi connectivity index (χ1v) is 7.96. The maximum atomic E-state index is 11.1. The fourth-order valence-corrected chi connectivity index (χ4v) is 2.62. The quantitative estimate of drug-likeness (QED) is 0.416. The van der Waals surface area contributed by atoms with Crippen molar-refractivity contribution in [3.63, 3.8) is 0 Å². The Labute approximate surface area is 153 Å². The first-order chi connectivity index (χ1) is 12.9. The molecule has 0 fully saturated rings. The molecule has 0 bridgehead atoms. The molecule has 3 rings (SSSR count). The van der Waals surface area contributed by atoms with Gasteiger partial charge in [-0.15, -0.1) is 0 Å². The third-order valence-electron chi connectivity index (χ3n) is 4.05. The maximum absolute atomic E-state index is 11.1. The summed E-state index contributed by atoms with van der Waals surface area (Å²) in [4.78, 5) is 20.9. The van der Waals surface area contributed by atoms with E-state index in [9.17, 15) is 20.2 Å². The Balaban J connectivity index is 1.79. The molecule has 1 aliphatic heterocycles. The van der Waals surface area contributed by atoms with E-state index in [4.69, 9.17) is 9.47 Å². The van der Waals surface area contributed by atoms with Gasteiger partial charge < -0.3 is 9.47 Å². The zero-order valence-corrected chi connectivity index (χ0v) is 14.3. The molecular weight excluding hydrogens is 356 g/mol. The van der Waals surface area contributed by atoms with Crippen LogP contribution >= 0.6 is 0 Å². The topological polar surface area (TPSA) is 120 Å². The number of ether oxygens (including phenoxy) is 2. The van der Waals surface area contributed by atoms with Crippen LogP contribution in [-0.4, -0.2) is 41.5 Å². The van der Waals surface area contributed by atoms with Crippen molar-refractivity contribution in [3.8, 4) is 11.5 Å². The number of nitro groups is 2. The monoisotopic (exact) mass is 372 g/mol.